The minimum atomic E-state index is -1.05. The molecule has 0 radical (unpaired) electrons. The van der Waals surface area contributed by atoms with Gasteiger partial charge in [-0.05, 0) is 42.5 Å². The van der Waals surface area contributed by atoms with Crippen LogP contribution in [-0.4, -0.2) is 54.9 Å². The summed E-state index contributed by atoms with van der Waals surface area (Å²) >= 11 is 12.9. The lowest BCUT2D eigenvalue weighted by Gasteiger charge is -2.18. The van der Waals surface area contributed by atoms with Gasteiger partial charge in [-0.3, -0.25) is 14.5 Å². The molecule has 0 aliphatic carbocycles. The fourth-order valence-electron chi connectivity index (χ4n) is 2.23. The summed E-state index contributed by atoms with van der Waals surface area (Å²) < 4.78 is 14.3. The van der Waals surface area contributed by atoms with Crippen LogP contribution in [0.15, 0.2) is 17.0 Å². The maximum Gasteiger partial charge on any atom is 0.343 e. The van der Waals surface area contributed by atoms with Crippen molar-refractivity contribution in [1.29, 1.82) is 0 Å². The summed E-state index contributed by atoms with van der Waals surface area (Å²) in [5.41, 5.74) is 0.427. The van der Waals surface area contributed by atoms with Gasteiger partial charge in [0, 0.05) is 0 Å². The number of carbonyl (C=O) groups excluding carboxylic acids is 4. The third-order valence-electron chi connectivity index (χ3n) is 3.63. The predicted molar refractivity (Wildman–Crippen MR) is 103 cm³/mol. The minimum absolute atomic E-state index is 0.0818. The smallest absolute Gasteiger partial charge is 0.343 e. The van der Waals surface area contributed by atoms with Gasteiger partial charge in [0.1, 0.15) is 6.04 Å². The number of nitrogens with zero attached hydrogens (tertiary/aromatic N) is 1. The maximum absolute atomic E-state index is 12.5. The van der Waals surface area contributed by atoms with Crippen LogP contribution in [0.4, 0.5) is 4.79 Å². The quantitative estimate of drug-likeness (QED) is 0.484. The van der Waals surface area contributed by atoms with Crippen LogP contribution in [0.25, 0.3) is 6.08 Å². The van der Waals surface area contributed by atoms with E-state index < -0.39 is 29.1 Å². The number of ether oxygens (including phenoxy) is 3. The number of hydrogen-bond acceptors (Lipinski definition) is 8. The van der Waals surface area contributed by atoms with Crippen molar-refractivity contribution in [3.05, 3.63) is 32.6 Å². The van der Waals surface area contributed by atoms with Gasteiger partial charge in [-0.1, -0.05) is 23.2 Å². The first-order valence-electron chi connectivity index (χ1n) is 7.73. The molecule has 150 valence electrons. The minimum Gasteiger partial charge on any atom is -0.479 e. The molecule has 0 unspecified atom stereocenters. The molecule has 0 spiro atoms. The molecule has 2 amide bonds. The Balaban J connectivity index is 2.26. The Morgan fingerprint density at radius 2 is 1.79 bits per heavy atom. The van der Waals surface area contributed by atoms with E-state index in [1.165, 1.54) is 39.4 Å². The molecule has 1 heterocycles. The summed E-state index contributed by atoms with van der Waals surface area (Å²) in [6.07, 6.45) is 1.41. The summed E-state index contributed by atoms with van der Waals surface area (Å²) in [5.74, 6) is -1.86. The number of methoxy groups -OCH3 is 2. The SMILES string of the molecule is COC(=O)COc1c(Cl)cc(/C=C2/SC(=O)N([C@@H](C)C(=O)OC)C2=O)cc1Cl. The summed E-state index contributed by atoms with van der Waals surface area (Å²) in [5, 5.41) is -0.390. The van der Waals surface area contributed by atoms with Gasteiger partial charge in [-0.15, -0.1) is 0 Å². The van der Waals surface area contributed by atoms with Crippen molar-refractivity contribution in [2.75, 3.05) is 20.8 Å². The first-order chi connectivity index (χ1) is 13.2. The number of amides is 2. The Bertz CT molecular complexity index is 848. The second-order valence-electron chi connectivity index (χ2n) is 5.43. The number of benzene rings is 1. The predicted octanol–water partition coefficient (Wildman–Crippen LogP) is 3.14. The van der Waals surface area contributed by atoms with Gasteiger partial charge in [-0.2, -0.15) is 0 Å². The molecule has 28 heavy (non-hydrogen) atoms. The number of halogens is 2. The zero-order chi connectivity index (χ0) is 21.0. The van der Waals surface area contributed by atoms with E-state index in [0.717, 1.165) is 4.90 Å². The highest BCUT2D eigenvalue weighted by Crippen LogP contribution is 2.38. The Kier molecular flexibility index (Phi) is 7.34. The molecule has 0 saturated carbocycles. The van der Waals surface area contributed by atoms with E-state index in [9.17, 15) is 19.2 Å². The van der Waals surface area contributed by atoms with E-state index in [-0.39, 0.29) is 27.3 Å². The molecule has 1 atom stereocenters. The van der Waals surface area contributed by atoms with Gasteiger partial charge in [0.2, 0.25) is 0 Å². The van der Waals surface area contributed by atoms with Crippen molar-refractivity contribution in [3.8, 4) is 5.75 Å². The summed E-state index contributed by atoms with van der Waals surface area (Å²) in [6, 6.07) is 1.86. The number of esters is 2. The van der Waals surface area contributed by atoms with Crippen LogP contribution in [0, 0.1) is 0 Å². The van der Waals surface area contributed by atoms with Gasteiger partial charge in [0.05, 0.1) is 29.2 Å². The third-order valence-corrected chi connectivity index (χ3v) is 5.08. The standard InChI is InChI=1S/C17H15Cl2NO7S/c1-8(16(23)26-3)20-15(22)12(28-17(20)24)6-9-4-10(18)14(11(19)5-9)27-7-13(21)25-2/h4-6,8H,7H2,1-3H3/b12-6+/t8-/m0/s1. The number of imide groups is 1. The average molecular weight is 448 g/mol. The van der Waals surface area contributed by atoms with Crippen LogP contribution >= 0.6 is 35.0 Å². The molecule has 1 aromatic carbocycles. The Hall–Kier alpha value is -2.23. The second-order valence-corrected chi connectivity index (χ2v) is 7.24. The molecule has 1 aliphatic heterocycles. The molecule has 0 N–H and O–H groups in total. The van der Waals surface area contributed by atoms with E-state index >= 15 is 0 Å². The van der Waals surface area contributed by atoms with E-state index in [2.05, 4.69) is 9.47 Å². The van der Waals surface area contributed by atoms with Crippen LogP contribution in [-0.2, 0) is 23.9 Å². The second kappa shape index (κ2) is 9.31. The fraction of sp³-hybridized carbons (Fsp3) is 0.294. The summed E-state index contributed by atoms with van der Waals surface area (Å²) in [6.45, 7) is 1.02. The van der Waals surface area contributed by atoms with E-state index in [1.807, 2.05) is 0 Å². The largest absolute Gasteiger partial charge is 0.479 e. The number of hydrogen-bond donors (Lipinski definition) is 0. The van der Waals surface area contributed by atoms with Crippen molar-refractivity contribution in [2.24, 2.45) is 0 Å². The molecule has 1 fully saturated rings. The normalized spacial score (nSPS) is 16.3. The Morgan fingerprint density at radius 3 is 2.32 bits per heavy atom. The van der Waals surface area contributed by atoms with Crippen molar-refractivity contribution in [1.82, 2.24) is 4.90 Å². The van der Waals surface area contributed by atoms with Crippen molar-refractivity contribution >= 4 is 64.1 Å². The lowest BCUT2D eigenvalue weighted by Crippen LogP contribution is -2.42. The molecule has 11 heteroatoms. The van der Waals surface area contributed by atoms with Gasteiger partial charge in [0.15, 0.2) is 12.4 Å². The number of carbonyl (C=O) groups is 4. The third kappa shape index (κ3) is 4.78. The number of rotatable bonds is 6. The molecule has 8 nitrogen and oxygen atoms in total. The molecular weight excluding hydrogens is 433 g/mol. The Labute approximate surface area is 174 Å². The van der Waals surface area contributed by atoms with Crippen LogP contribution in [0.1, 0.15) is 12.5 Å². The molecule has 1 aliphatic rings. The van der Waals surface area contributed by atoms with Crippen molar-refractivity contribution in [2.45, 2.75) is 13.0 Å². The van der Waals surface area contributed by atoms with Gasteiger partial charge < -0.3 is 14.2 Å². The average Bonchev–Trinajstić information content (AvgIpc) is 2.92. The lowest BCUT2D eigenvalue weighted by atomic mass is 10.2. The molecule has 2 rings (SSSR count). The van der Waals surface area contributed by atoms with Crippen LogP contribution in [0.5, 0.6) is 5.75 Å². The molecular formula is C17H15Cl2NO7S. The summed E-state index contributed by atoms with van der Waals surface area (Å²) in [4.78, 5) is 48.3. The van der Waals surface area contributed by atoms with Crippen LogP contribution < -0.4 is 4.74 Å². The zero-order valence-corrected chi connectivity index (χ0v) is 17.3. The van der Waals surface area contributed by atoms with Crippen LogP contribution in [0.3, 0.4) is 0 Å². The highest BCUT2D eigenvalue weighted by atomic mass is 35.5. The van der Waals surface area contributed by atoms with Crippen molar-refractivity contribution < 1.29 is 33.4 Å². The molecule has 1 saturated heterocycles. The van der Waals surface area contributed by atoms with Gasteiger partial charge in [0.25, 0.3) is 11.1 Å². The van der Waals surface area contributed by atoms with E-state index in [0.29, 0.717) is 17.3 Å². The molecule has 1 aromatic rings. The van der Waals surface area contributed by atoms with Crippen LogP contribution in [0.2, 0.25) is 10.0 Å². The first-order valence-corrected chi connectivity index (χ1v) is 9.30. The monoisotopic (exact) mass is 447 g/mol. The topological polar surface area (TPSA) is 99.2 Å². The highest BCUT2D eigenvalue weighted by Gasteiger charge is 2.41. The van der Waals surface area contributed by atoms with E-state index in [4.69, 9.17) is 27.9 Å². The Morgan fingerprint density at radius 1 is 1.18 bits per heavy atom. The number of thioether (sulfide) groups is 1. The van der Waals surface area contributed by atoms with Gasteiger partial charge >= 0.3 is 11.9 Å². The van der Waals surface area contributed by atoms with Crippen molar-refractivity contribution in [3.63, 3.8) is 0 Å². The molecule has 0 aromatic heterocycles. The summed E-state index contributed by atoms with van der Waals surface area (Å²) in [7, 11) is 2.38. The zero-order valence-electron chi connectivity index (χ0n) is 15.0. The molecule has 0 bridgehead atoms. The van der Waals surface area contributed by atoms with E-state index in [1.54, 1.807) is 0 Å². The van der Waals surface area contributed by atoms with Gasteiger partial charge in [-0.25, -0.2) is 9.59 Å². The highest BCUT2D eigenvalue weighted by molar-refractivity contribution is 8.18. The fourth-order valence-corrected chi connectivity index (χ4v) is 3.75. The lowest BCUT2D eigenvalue weighted by molar-refractivity contribution is -0.148. The first kappa shape index (κ1) is 22.1. The maximum atomic E-state index is 12.5.